The smallest absolute Gasteiger partial charge is 0.208 e. The van der Waals surface area contributed by atoms with E-state index in [1.54, 1.807) is 23.1 Å². The highest BCUT2D eigenvalue weighted by Crippen LogP contribution is 2.41. The van der Waals surface area contributed by atoms with Crippen LogP contribution >= 0.6 is 23.1 Å². The third-order valence-electron chi connectivity index (χ3n) is 3.51. The second-order valence-corrected chi connectivity index (χ2v) is 8.47. The van der Waals surface area contributed by atoms with Crippen molar-refractivity contribution in [2.24, 2.45) is 0 Å². The summed E-state index contributed by atoms with van der Waals surface area (Å²) < 4.78 is 1.02. The van der Waals surface area contributed by atoms with Gasteiger partial charge in [-0.15, -0.1) is 10.2 Å². The molecule has 2 rings (SSSR count). The Kier molecular flexibility index (Phi) is 5.28. The average Bonchev–Trinajstić information content (AvgIpc) is 2.97. The maximum atomic E-state index is 9.72. The largest absolute Gasteiger partial charge is 0.394 e. The molecule has 2 N–H and O–H groups in total. The minimum Gasteiger partial charge on any atom is -0.394 e. The number of aliphatic hydroxyl groups excluding tert-OH is 1. The first kappa shape index (κ1) is 16.0. The molecule has 20 heavy (non-hydrogen) atoms. The summed E-state index contributed by atoms with van der Waals surface area (Å²) in [4.78, 5) is 1.98. The first-order valence-corrected chi connectivity index (χ1v) is 8.70. The van der Waals surface area contributed by atoms with E-state index < -0.39 is 0 Å². The van der Waals surface area contributed by atoms with Crippen LogP contribution in [0.4, 0.5) is 5.13 Å². The van der Waals surface area contributed by atoms with Crippen molar-refractivity contribution in [3.05, 3.63) is 0 Å². The molecule has 0 saturated heterocycles. The zero-order valence-electron chi connectivity index (χ0n) is 12.6. The summed E-state index contributed by atoms with van der Waals surface area (Å²) in [5.74, 6) is 0. The summed E-state index contributed by atoms with van der Waals surface area (Å²) in [5.41, 5.74) is -0.110. The summed E-state index contributed by atoms with van der Waals surface area (Å²) in [6.45, 7) is 4.47. The Morgan fingerprint density at radius 2 is 2.25 bits per heavy atom. The van der Waals surface area contributed by atoms with Crippen LogP contribution < -0.4 is 10.2 Å². The number of nitrogens with zero attached hydrogens (tertiary/aromatic N) is 3. The first-order valence-electron chi connectivity index (χ1n) is 7.00. The molecule has 1 fully saturated rings. The monoisotopic (exact) mass is 316 g/mol. The molecular formula is C13H24N4OS2. The Bertz CT molecular complexity index is 438. The van der Waals surface area contributed by atoms with Gasteiger partial charge in [-0.25, -0.2) is 0 Å². The molecule has 7 heteroatoms. The molecule has 1 aromatic rings. The maximum absolute atomic E-state index is 9.72. The molecule has 0 aromatic carbocycles. The van der Waals surface area contributed by atoms with Crippen LogP contribution in [0.25, 0.3) is 0 Å². The lowest BCUT2D eigenvalue weighted by Gasteiger charge is -2.30. The van der Waals surface area contributed by atoms with E-state index >= 15 is 0 Å². The van der Waals surface area contributed by atoms with Crippen LogP contribution in [0.3, 0.4) is 0 Å². The van der Waals surface area contributed by atoms with Crippen molar-refractivity contribution in [3.8, 4) is 0 Å². The fourth-order valence-corrected chi connectivity index (χ4v) is 5.02. The zero-order valence-corrected chi connectivity index (χ0v) is 14.2. The van der Waals surface area contributed by atoms with Gasteiger partial charge in [-0.1, -0.05) is 36.9 Å². The lowest BCUT2D eigenvalue weighted by molar-refractivity contribution is 0.156. The number of rotatable bonds is 6. The van der Waals surface area contributed by atoms with E-state index in [4.69, 9.17) is 0 Å². The van der Waals surface area contributed by atoms with Crippen LogP contribution in [-0.4, -0.2) is 52.8 Å². The second-order valence-electron chi connectivity index (χ2n) is 5.97. The highest BCUT2D eigenvalue weighted by molar-refractivity contribution is 8.01. The number of hydrogen-bond donors (Lipinski definition) is 2. The number of aliphatic hydroxyl groups is 1. The summed E-state index contributed by atoms with van der Waals surface area (Å²) in [6, 6.07) is 0.396. The minimum atomic E-state index is -0.110. The molecule has 1 heterocycles. The van der Waals surface area contributed by atoms with Gasteiger partial charge in [-0.2, -0.15) is 0 Å². The summed E-state index contributed by atoms with van der Waals surface area (Å²) >= 11 is 3.43. The van der Waals surface area contributed by atoms with Gasteiger partial charge >= 0.3 is 0 Å². The van der Waals surface area contributed by atoms with E-state index in [2.05, 4.69) is 29.4 Å². The van der Waals surface area contributed by atoms with Gasteiger partial charge in [0.2, 0.25) is 5.13 Å². The predicted molar refractivity (Wildman–Crippen MR) is 85.8 cm³/mol. The fraction of sp³-hybridized carbons (Fsp3) is 0.846. The van der Waals surface area contributed by atoms with Gasteiger partial charge in [-0.05, 0) is 19.3 Å². The second kappa shape index (κ2) is 6.60. The summed E-state index contributed by atoms with van der Waals surface area (Å²) in [5, 5.41) is 23.1. The number of thioether (sulfide) groups is 1. The van der Waals surface area contributed by atoms with Gasteiger partial charge in [0.15, 0.2) is 4.34 Å². The molecule has 2 unspecified atom stereocenters. The van der Waals surface area contributed by atoms with Gasteiger partial charge in [0.25, 0.3) is 0 Å². The van der Waals surface area contributed by atoms with Crippen molar-refractivity contribution >= 4 is 28.2 Å². The van der Waals surface area contributed by atoms with Crippen LogP contribution in [0.15, 0.2) is 4.34 Å². The number of aromatic nitrogens is 2. The first-order chi connectivity index (χ1) is 9.44. The van der Waals surface area contributed by atoms with Gasteiger partial charge in [-0.3, -0.25) is 0 Å². The van der Waals surface area contributed by atoms with Crippen molar-refractivity contribution in [2.45, 2.75) is 54.3 Å². The van der Waals surface area contributed by atoms with Gasteiger partial charge in [0, 0.05) is 30.9 Å². The lowest BCUT2D eigenvalue weighted by Crippen LogP contribution is -2.49. The van der Waals surface area contributed by atoms with Gasteiger partial charge < -0.3 is 15.3 Å². The van der Waals surface area contributed by atoms with Crippen LogP contribution in [0, 0.1) is 0 Å². The highest BCUT2D eigenvalue weighted by atomic mass is 32.2. The van der Waals surface area contributed by atoms with E-state index in [1.807, 2.05) is 19.0 Å². The Hall–Kier alpha value is -0.370. The van der Waals surface area contributed by atoms with Crippen LogP contribution in [0.1, 0.15) is 33.1 Å². The minimum absolute atomic E-state index is 0.110. The van der Waals surface area contributed by atoms with Crippen LogP contribution in [0.5, 0.6) is 0 Å². The highest BCUT2D eigenvalue weighted by Gasteiger charge is 2.39. The molecule has 5 nitrogen and oxygen atoms in total. The van der Waals surface area contributed by atoms with Crippen molar-refractivity contribution < 1.29 is 5.11 Å². The van der Waals surface area contributed by atoms with Crippen LogP contribution in [-0.2, 0) is 0 Å². The van der Waals surface area contributed by atoms with Crippen molar-refractivity contribution in [2.75, 3.05) is 25.6 Å². The van der Waals surface area contributed by atoms with Crippen molar-refractivity contribution in [3.63, 3.8) is 0 Å². The molecule has 0 spiro atoms. The van der Waals surface area contributed by atoms with Crippen LogP contribution in [0.2, 0.25) is 0 Å². The summed E-state index contributed by atoms with van der Waals surface area (Å²) in [6.07, 6.45) is 3.13. The topological polar surface area (TPSA) is 61.3 Å². The quantitative estimate of drug-likeness (QED) is 0.837. The van der Waals surface area contributed by atoms with E-state index in [-0.39, 0.29) is 12.1 Å². The zero-order chi connectivity index (χ0) is 14.8. The molecule has 114 valence electrons. The molecule has 0 bridgehead atoms. The third kappa shape index (κ3) is 3.84. The molecule has 1 aromatic heterocycles. The Morgan fingerprint density at radius 3 is 2.80 bits per heavy atom. The van der Waals surface area contributed by atoms with Crippen molar-refractivity contribution in [1.29, 1.82) is 0 Å². The molecule has 0 amide bonds. The maximum Gasteiger partial charge on any atom is 0.208 e. The molecule has 1 saturated carbocycles. The third-order valence-corrected chi connectivity index (χ3v) is 5.95. The van der Waals surface area contributed by atoms with Gasteiger partial charge in [0.1, 0.15) is 0 Å². The lowest BCUT2D eigenvalue weighted by atomic mass is 9.98. The Balaban J connectivity index is 1.94. The number of hydrogen-bond acceptors (Lipinski definition) is 7. The number of anilines is 1. The molecule has 0 radical (unpaired) electrons. The molecule has 2 atom stereocenters. The molecular weight excluding hydrogens is 292 g/mol. The molecule has 1 aliphatic rings. The standard InChI is InChI=1S/C13H24N4OS2/c1-9(2)14-13(8-18)6-5-10(7-13)19-12-16-15-11(20-12)17(3)4/h9-10,14,18H,5-8H2,1-4H3. The molecule has 0 aliphatic heterocycles. The van der Waals surface area contributed by atoms with E-state index in [9.17, 15) is 5.11 Å². The van der Waals surface area contributed by atoms with Crippen molar-refractivity contribution in [1.82, 2.24) is 15.5 Å². The van der Waals surface area contributed by atoms with Gasteiger partial charge in [0.05, 0.1) is 6.61 Å². The Labute approximate surface area is 129 Å². The Morgan fingerprint density at radius 1 is 1.50 bits per heavy atom. The number of nitrogens with one attached hydrogen (secondary N) is 1. The molecule has 1 aliphatic carbocycles. The normalized spacial score (nSPS) is 26.4. The van der Waals surface area contributed by atoms with E-state index in [1.165, 1.54) is 0 Å². The summed E-state index contributed by atoms with van der Waals surface area (Å²) in [7, 11) is 3.96. The van der Waals surface area contributed by atoms with E-state index in [0.29, 0.717) is 11.3 Å². The van der Waals surface area contributed by atoms with E-state index in [0.717, 1.165) is 28.7 Å². The fourth-order valence-electron chi connectivity index (χ4n) is 2.68. The average molecular weight is 316 g/mol. The predicted octanol–water partition coefficient (Wildman–Crippen LogP) is 1.98. The SMILES string of the molecule is CC(C)NC1(CO)CCC(Sc2nnc(N(C)C)s2)C1.